The third kappa shape index (κ3) is 2.22. The first-order chi connectivity index (χ1) is 9.63. The number of aromatic hydroxyl groups is 1. The normalized spacial score (nSPS) is 10.5. The van der Waals surface area contributed by atoms with E-state index in [2.05, 4.69) is 11.9 Å². The van der Waals surface area contributed by atoms with Gasteiger partial charge in [-0.15, -0.1) is 0 Å². The summed E-state index contributed by atoms with van der Waals surface area (Å²) in [5.41, 5.74) is 1.21. The van der Waals surface area contributed by atoms with E-state index in [1.165, 1.54) is 6.08 Å². The van der Waals surface area contributed by atoms with E-state index in [0.717, 1.165) is 5.69 Å². The molecular weight excluding hydrogens is 256 g/mol. The lowest BCUT2D eigenvalue weighted by Crippen LogP contribution is -2.22. The Morgan fingerprint density at radius 2 is 2.25 bits per heavy atom. The van der Waals surface area contributed by atoms with Gasteiger partial charge in [-0.2, -0.15) is 0 Å². The number of anilines is 1. The van der Waals surface area contributed by atoms with Gasteiger partial charge < -0.3 is 19.7 Å². The molecule has 0 aliphatic rings. The van der Waals surface area contributed by atoms with Crippen molar-refractivity contribution >= 4 is 16.6 Å². The van der Waals surface area contributed by atoms with Crippen LogP contribution >= 0.6 is 0 Å². The molecule has 0 spiro atoms. The maximum Gasteiger partial charge on any atom is 0.297 e. The second kappa shape index (κ2) is 5.69. The van der Waals surface area contributed by atoms with Gasteiger partial charge in [0.2, 0.25) is 5.75 Å². The number of ether oxygens (including phenoxy) is 1. The van der Waals surface area contributed by atoms with Crippen molar-refractivity contribution < 1.29 is 9.84 Å². The highest BCUT2D eigenvalue weighted by Crippen LogP contribution is 2.32. The average Bonchev–Trinajstić information content (AvgIpc) is 2.47. The van der Waals surface area contributed by atoms with E-state index in [-0.39, 0.29) is 23.7 Å². The number of rotatable bonds is 5. The molecule has 2 N–H and O–H groups in total. The van der Waals surface area contributed by atoms with Crippen LogP contribution in [0.25, 0.3) is 10.9 Å². The lowest BCUT2D eigenvalue weighted by molar-refractivity contribution is 0.330. The molecule has 20 heavy (non-hydrogen) atoms. The van der Waals surface area contributed by atoms with Crippen molar-refractivity contribution in [3.8, 4) is 11.5 Å². The highest BCUT2D eigenvalue weighted by atomic mass is 16.5. The van der Waals surface area contributed by atoms with Crippen LogP contribution in [0.5, 0.6) is 11.5 Å². The number of benzene rings is 1. The Morgan fingerprint density at radius 3 is 2.85 bits per heavy atom. The number of pyridine rings is 1. The van der Waals surface area contributed by atoms with E-state index >= 15 is 0 Å². The van der Waals surface area contributed by atoms with Crippen LogP contribution in [0, 0.1) is 0 Å². The molecule has 1 heterocycles. The molecule has 1 aromatic carbocycles. The van der Waals surface area contributed by atoms with Gasteiger partial charge in [0.1, 0.15) is 6.61 Å². The minimum Gasteiger partial charge on any atom is -0.504 e. The second-order valence-corrected chi connectivity index (χ2v) is 4.31. The molecule has 106 valence electrons. The molecular formula is C15H18N2O3. The standard InChI is InChI=1S/C15H18N2O3/c1-4-8-20-14-13(18)11-7-6-10(16-3)9-12(11)17(5-2)15(14)19/h4,6-7,9,16,18H,1,5,8H2,2-3H3. The minimum absolute atomic E-state index is 0.0311. The highest BCUT2D eigenvalue weighted by molar-refractivity contribution is 5.89. The molecule has 0 saturated carbocycles. The van der Waals surface area contributed by atoms with E-state index < -0.39 is 0 Å². The first kappa shape index (κ1) is 14.0. The molecule has 0 bridgehead atoms. The summed E-state index contributed by atoms with van der Waals surface area (Å²) in [7, 11) is 1.80. The Labute approximate surface area is 117 Å². The first-order valence-corrected chi connectivity index (χ1v) is 6.45. The molecule has 5 nitrogen and oxygen atoms in total. The minimum atomic E-state index is -0.340. The van der Waals surface area contributed by atoms with Crippen molar-refractivity contribution in [3.63, 3.8) is 0 Å². The molecule has 0 radical (unpaired) electrons. The predicted octanol–water partition coefficient (Wildman–Crippen LogP) is 2.33. The van der Waals surface area contributed by atoms with E-state index in [9.17, 15) is 9.90 Å². The maximum atomic E-state index is 12.4. The first-order valence-electron chi connectivity index (χ1n) is 6.45. The van der Waals surface area contributed by atoms with Crippen molar-refractivity contribution in [1.29, 1.82) is 0 Å². The van der Waals surface area contributed by atoms with E-state index in [4.69, 9.17) is 4.74 Å². The van der Waals surface area contributed by atoms with Gasteiger partial charge in [-0.3, -0.25) is 4.79 Å². The van der Waals surface area contributed by atoms with Gasteiger partial charge in [-0.05, 0) is 25.1 Å². The number of aromatic nitrogens is 1. The Morgan fingerprint density at radius 1 is 1.50 bits per heavy atom. The van der Waals surface area contributed by atoms with Crippen LogP contribution in [0.3, 0.4) is 0 Å². The second-order valence-electron chi connectivity index (χ2n) is 4.31. The molecule has 0 aliphatic carbocycles. The molecule has 0 aliphatic heterocycles. The third-order valence-electron chi connectivity index (χ3n) is 3.15. The number of hydrogen-bond acceptors (Lipinski definition) is 4. The Hall–Kier alpha value is -2.43. The van der Waals surface area contributed by atoms with Crippen molar-refractivity contribution in [1.82, 2.24) is 4.57 Å². The van der Waals surface area contributed by atoms with Crippen LogP contribution in [0.1, 0.15) is 6.92 Å². The average molecular weight is 274 g/mol. The monoisotopic (exact) mass is 274 g/mol. The van der Waals surface area contributed by atoms with Crippen molar-refractivity contribution in [2.45, 2.75) is 13.5 Å². The summed E-state index contributed by atoms with van der Waals surface area (Å²) >= 11 is 0. The van der Waals surface area contributed by atoms with Crippen LogP contribution in [-0.2, 0) is 6.54 Å². The third-order valence-corrected chi connectivity index (χ3v) is 3.15. The van der Waals surface area contributed by atoms with Crippen molar-refractivity contribution in [2.24, 2.45) is 0 Å². The smallest absolute Gasteiger partial charge is 0.297 e. The van der Waals surface area contributed by atoms with Crippen LogP contribution in [-0.4, -0.2) is 23.3 Å². The summed E-state index contributed by atoms with van der Waals surface area (Å²) < 4.78 is 6.88. The molecule has 2 aromatic rings. The van der Waals surface area contributed by atoms with Crippen LogP contribution in [0.15, 0.2) is 35.6 Å². The van der Waals surface area contributed by atoms with Gasteiger partial charge >= 0.3 is 0 Å². The zero-order valence-electron chi connectivity index (χ0n) is 11.6. The lowest BCUT2D eigenvalue weighted by Gasteiger charge is -2.14. The molecule has 0 atom stereocenters. The summed E-state index contributed by atoms with van der Waals surface area (Å²) in [6.07, 6.45) is 1.53. The maximum absolute atomic E-state index is 12.4. The molecule has 0 saturated heterocycles. The summed E-state index contributed by atoms with van der Waals surface area (Å²) in [5.74, 6) is -0.157. The van der Waals surface area contributed by atoms with Gasteiger partial charge in [0.05, 0.1) is 5.52 Å². The number of nitrogens with zero attached hydrogens (tertiary/aromatic N) is 1. The van der Waals surface area contributed by atoms with Crippen LogP contribution in [0.2, 0.25) is 0 Å². The Kier molecular flexibility index (Phi) is 3.98. The molecule has 5 heteroatoms. The van der Waals surface area contributed by atoms with E-state index in [0.29, 0.717) is 17.4 Å². The molecule has 1 aromatic heterocycles. The van der Waals surface area contributed by atoms with Gasteiger partial charge in [-0.1, -0.05) is 12.7 Å². The molecule has 0 unspecified atom stereocenters. The fraction of sp³-hybridized carbons (Fsp3) is 0.267. The lowest BCUT2D eigenvalue weighted by atomic mass is 10.1. The highest BCUT2D eigenvalue weighted by Gasteiger charge is 2.16. The Balaban J connectivity index is 2.79. The molecule has 0 fully saturated rings. The van der Waals surface area contributed by atoms with Crippen molar-refractivity contribution in [2.75, 3.05) is 19.0 Å². The fourth-order valence-electron chi connectivity index (χ4n) is 2.15. The molecule has 2 rings (SSSR count). The number of aryl methyl sites for hydroxylation is 1. The zero-order chi connectivity index (χ0) is 14.7. The number of hydrogen-bond donors (Lipinski definition) is 2. The molecule has 0 amide bonds. The predicted molar refractivity (Wildman–Crippen MR) is 80.8 cm³/mol. The van der Waals surface area contributed by atoms with Gasteiger partial charge in [0.15, 0.2) is 5.75 Å². The van der Waals surface area contributed by atoms with E-state index in [1.54, 1.807) is 17.7 Å². The van der Waals surface area contributed by atoms with E-state index in [1.807, 2.05) is 19.1 Å². The summed E-state index contributed by atoms with van der Waals surface area (Å²) in [4.78, 5) is 12.4. The number of fused-ring (bicyclic) bond motifs is 1. The quantitative estimate of drug-likeness (QED) is 0.821. The summed E-state index contributed by atoms with van der Waals surface area (Å²) in [6.45, 7) is 6.08. The zero-order valence-corrected chi connectivity index (χ0v) is 11.6. The fourth-order valence-corrected chi connectivity index (χ4v) is 2.15. The van der Waals surface area contributed by atoms with Gasteiger partial charge in [0.25, 0.3) is 5.56 Å². The Bertz CT molecular complexity index is 704. The van der Waals surface area contributed by atoms with Gasteiger partial charge in [0, 0.05) is 24.7 Å². The van der Waals surface area contributed by atoms with Crippen LogP contribution < -0.4 is 15.6 Å². The summed E-state index contributed by atoms with van der Waals surface area (Å²) in [5, 5.41) is 13.9. The topological polar surface area (TPSA) is 63.5 Å². The summed E-state index contributed by atoms with van der Waals surface area (Å²) in [6, 6.07) is 5.43. The van der Waals surface area contributed by atoms with Gasteiger partial charge in [-0.25, -0.2) is 0 Å². The van der Waals surface area contributed by atoms with Crippen LogP contribution in [0.4, 0.5) is 5.69 Å². The van der Waals surface area contributed by atoms with Crippen molar-refractivity contribution in [3.05, 3.63) is 41.2 Å². The largest absolute Gasteiger partial charge is 0.504 e. The number of nitrogens with one attached hydrogen (secondary N) is 1. The SMILES string of the molecule is C=CCOc1c(O)c2ccc(NC)cc2n(CC)c1=O.